The second-order valence-corrected chi connectivity index (χ2v) is 5.30. The van der Waals surface area contributed by atoms with E-state index in [0.717, 1.165) is 12.8 Å². The Kier molecular flexibility index (Phi) is 2.92. The number of ketones is 1. The summed E-state index contributed by atoms with van der Waals surface area (Å²) in [5, 5.41) is 0. The zero-order valence-electron chi connectivity index (χ0n) is 10.4. The number of carbonyl (C=O) groups is 1. The van der Waals surface area contributed by atoms with E-state index in [-0.39, 0.29) is 29.5 Å². The Hall–Kier alpha value is -1.26. The van der Waals surface area contributed by atoms with Gasteiger partial charge in [0, 0.05) is 30.0 Å². The number of hydrogen-bond donors (Lipinski definition) is 2. The van der Waals surface area contributed by atoms with Gasteiger partial charge in [-0.1, -0.05) is 12.1 Å². The minimum absolute atomic E-state index is 0.0937. The second-order valence-electron chi connectivity index (χ2n) is 5.30. The molecule has 1 aromatic rings. The van der Waals surface area contributed by atoms with E-state index in [1.54, 1.807) is 12.1 Å². The molecule has 0 spiro atoms. The largest absolute Gasteiger partial charge is 0.294 e. The summed E-state index contributed by atoms with van der Waals surface area (Å²) in [5.41, 5.74) is 7.31. The van der Waals surface area contributed by atoms with Crippen LogP contribution in [0.15, 0.2) is 18.2 Å². The van der Waals surface area contributed by atoms with Crippen LogP contribution in [0.5, 0.6) is 0 Å². The number of benzene rings is 1. The van der Waals surface area contributed by atoms with Crippen molar-refractivity contribution >= 4 is 5.78 Å². The Bertz CT molecular complexity index is 485. The van der Waals surface area contributed by atoms with E-state index >= 15 is 0 Å². The molecule has 2 aliphatic rings. The molecule has 4 heteroatoms. The molecule has 1 aliphatic carbocycles. The molecule has 1 heterocycles. The normalized spacial score (nSPS) is 27.4. The maximum atomic E-state index is 14.1. The average Bonchev–Trinajstić information content (AvgIpc) is 3.12. The summed E-state index contributed by atoms with van der Waals surface area (Å²) in [4.78, 5) is 11.9. The Morgan fingerprint density at radius 3 is 2.72 bits per heavy atom. The number of hydrazine groups is 1. The number of rotatable bonds is 3. The quantitative estimate of drug-likeness (QED) is 0.804. The molecule has 1 saturated heterocycles. The van der Waals surface area contributed by atoms with Gasteiger partial charge in [0.05, 0.1) is 0 Å². The highest BCUT2D eigenvalue weighted by Gasteiger charge is 2.32. The van der Waals surface area contributed by atoms with Gasteiger partial charge in [-0.2, -0.15) is 0 Å². The molecular formula is C14H17FN2O. The van der Waals surface area contributed by atoms with Gasteiger partial charge in [0.15, 0.2) is 5.78 Å². The molecule has 96 valence electrons. The number of carbonyl (C=O) groups excluding carboxylic acids is 1. The lowest BCUT2D eigenvalue weighted by Gasteiger charge is -2.15. The number of nitrogens with one attached hydrogen (secondary N) is 2. The molecular weight excluding hydrogens is 231 g/mol. The first-order chi connectivity index (χ1) is 8.66. The fourth-order valence-electron chi connectivity index (χ4n) is 2.55. The van der Waals surface area contributed by atoms with Gasteiger partial charge in [0.1, 0.15) is 5.82 Å². The molecule has 2 N–H and O–H groups in total. The van der Waals surface area contributed by atoms with Crippen LogP contribution in [0.25, 0.3) is 0 Å². The van der Waals surface area contributed by atoms with E-state index < -0.39 is 0 Å². The monoisotopic (exact) mass is 248 g/mol. The molecule has 1 aromatic carbocycles. The molecule has 0 radical (unpaired) electrons. The first-order valence-electron chi connectivity index (χ1n) is 6.49. The third-order valence-electron chi connectivity index (χ3n) is 3.89. The minimum atomic E-state index is -0.260. The fraction of sp³-hybridized carbons (Fsp3) is 0.500. The second kappa shape index (κ2) is 4.44. The van der Waals surface area contributed by atoms with Crippen LogP contribution >= 0.6 is 0 Å². The highest BCUT2D eigenvalue weighted by molar-refractivity contribution is 5.99. The fourth-order valence-corrected chi connectivity index (χ4v) is 2.55. The summed E-state index contributed by atoms with van der Waals surface area (Å²) >= 11 is 0. The predicted octanol–water partition coefficient (Wildman–Crippen LogP) is 2.00. The Labute approximate surface area is 106 Å². The average molecular weight is 248 g/mol. The number of halogens is 1. The molecule has 0 aromatic heterocycles. The number of hydrogen-bond acceptors (Lipinski definition) is 3. The van der Waals surface area contributed by atoms with Gasteiger partial charge in [0.25, 0.3) is 0 Å². The Morgan fingerprint density at radius 1 is 1.39 bits per heavy atom. The highest BCUT2D eigenvalue weighted by atomic mass is 19.1. The lowest BCUT2D eigenvalue weighted by molar-refractivity contribution is 0.0967. The third-order valence-corrected chi connectivity index (χ3v) is 3.89. The summed E-state index contributed by atoms with van der Waals surface area (Å²) < 4.78 is 14.1. The van der Waals surface area contributed by atoms with Crippen LogP contribution in [0.4, 0.5) is 4.39 Å². The van der Waals surface area contributed by atoms with Crippen molar-refractivity contribution in [1.29, 1.82) is 0 Å². The minimum Gasteiger partial charge on any atom is -0.294 e. The number of Topliss-reactive ketones (excluding diaryl/α,β-unsaturated/α-hetero) is 1. The van der Waals surface area contributed by atoms with Gasteiger partial charge < -0.3 is 0 Å². The highest BCUT2D eigenvalue weighted by Crippen LogP contribution is 2.33. The lowest BCUT2D eigenvalue weighted by Crippen LogP contribution is -2.28. The zero-order chi connectivity index (χ0) is 12.7. The first kappa shape index (κ1) is 11.8. The van der Waals surface area contributed by atoms with Crippen molar-refractivity contribution in [2.45, 2.75) is 31.7 Å². The predicted molar refractivity (Wildman–Crippen MR) is 66.8 cm³/mol. The summed E-state index contributed by atoms with van der Waals surface area (Å²) in [5.74, 6) is 0.0964. The third kappa shape index (κ3) is 2.06. The van der Waals surface area contributed by atoms with Gasteiger partial charge in [-0.3, -0.25) is 15.6 Å². The molecule has 2 atom stereocenters. The Morgan fingerprint density at radius 2 is 2.17 bits per heavy atom. The van der Waals surface area contributed by atoms with Crippen LogP contribution in [-0.4, -0.2) is 18.4 Å². The molecule has 18 heavy (non-hydrogen) atoms. The van der Waals surface area contributed by atoms with Gasteiger partial charge in [-0.05, 0) is 31.4 Å². The van der Waals surface area contributed by atoms with Crippen molar-refractivity contribution in [3.63, 3.8) is 0 Å². The molecule has 0 bridgehead atoms. The van der Waals surface area contributed by atoms with Gasteiger partial charge in [-0.25, -0.2) is 4.39 Å². The summed E-state index contributed by atoms with van der Waals surface area (Å²) in [6.45, 7) is 2.74. The molecule has 3 nitrogen and oxygen atoms in total. The van der Waals surface area contributed by atoms with Crippen LogP contribution in [0.1, 0.15) is 41.6 Å². The van der Waals surface area contributed by atoms with E-state index in [0.29, 0.717) is 17.7 Å². The molecule has 0 amide bonds. The van der Waals surface area contributed by atoms with Crippen molar-refractivity contribution in [2.24, 2.45) is 5.92 Å². The van der Waals surface area contributed by atoms with Gasteiger partial charge in [0.2, 0.25) is 0 Å². The van der Waals surface area contributed by atoms with E-state index in [2.05, 4.69) is 10.9 Å². The van der Waals surface area contributed by atoms with Crippen molar-refractivity contribution < 1.29 is 9.18 Å². The van der Waals surface area contributed by atoms with Crippen molar-refractivity contribution in [2.75, 3.05) is 6.54 Å². The van der Waals surface area contributed by atoms with Crippen molar-refractivity contribution in [3.05, 3.63) is 35.1 Å². The maximum absolute atomic E-state index is 14.1. The van der Waals surface area contributed by atoms with Crippen LogP contribution < -0.4 is 10.9 Å². The first-order valence-corrected chi connectivity index (χ1v) is 6.49. The zero-order valence-corrected chi connectivity index (χ0v) is 10.4. The summed E-state index contributed by atoms with van der Waals surface area (Å²) in [7, 11) is 0. The standard InChI is InChI=1S/C14H17FN2O/c1-8-12(7-16-17-8)11-5-4-10(6-13(11)15)14(18)9-2-3-9/h4-6,8-9,12,16-17H,2-3,7H2,1H3. The van der Waals surface area contributed by atoms with E-state index in [4.69, 9.17) is 0 Å². The summed E-state index contributed by atoms with van der Waals surface area (Å²) in [6.07, 6.45) is 1.91. The maximum Gasteiger partial charge on any atom is 0.166 e. The molecule has 2 fully saturated rings. The molecule has 1 aliphatic heterocycles. The smallest absolute Gasteiger partial charge is 0.166 e. The SMILES string of the molecule is CC1NNCC1c1ccc(C(=O)C2CC2)cc1F. The van der Waals surface area contributed by atoms with Crippen LogP contribution in [0.3, 0.4) is 0 Å². The van der Waals surface area contributed by atoms with Crippen molar-refractivity contribution in [3.8, 4) is 0 Å². The van der Waals surface area contributed by atoms with E-state index in [1.807, 2.05) is 6.92 Å². The molecule has 2 unspecified atom stereocenters. The van der Waals surface area contributed by atoms with E-state index in [9.17, 15) is 9.18 Å². The molecule has 3 rings (SSSR count). The van der Waals surface area contributed by atoms with Gasteiger partial charge >= 0.3 is 0 Å². The van der Waals surface area contributed by atoms with Crippen molar-refractivity contribution in [1.82, 2.24) is 10.9 Å². The Balaban J connectivity index is 1.86. The lowest BCUT2D eigenvalue weighted by atomic mass is 9.92. The van der Waals surface area contributed by atoms with Crippen LogP contribution in [0, 0.1) is 11.7 Å². The van der Waals surface area contributed by atoms with Gasteiger partial charge in [-0.15, -0.1) is 0 Å². The van der Waals surface area contributed by atoms with Crippen LogP contribution in [-0.2, 0) is 0 Å². The van der Waals surface area contributed by atoms with Crippen LogP contribution in [0.2, 0.25) is 0 Å². The molecule has 1 saturated carbocycles. The summed E-state index contributed by atoms with van der Waals surface area (Å²) in [6, 6.07) is 5.14. The topological polar surface area (TPSA) is 41.1 Å². The van der Waals surface area contributed by atoms with E-state index in [1.165, 1.54) is 6.07 Å².